The molecule has 3 N–H and O–H groups in total. The molecule has 0 saturated heterocycles. The van der Waals surface area contributed by atoms with Crippen molar-refractivity contribution in [3.63, 3.8) is 0 Å². The van der Waals surface area contributed by atoms with Crippen LogP contribution < -0.4 is 5.73 Å². The highest BCUT2D eigenvalue weighted by molar-refractivity contribution is 5.93. The minimum Gasteiger partial charge on any atom is -0.478 e. The molecule has 4 nitrogen and oxygen atoms in total. The predicted molar refractivity (Wildman–Crippen MR) is 45.7 cm³/mol. The van der Waals surface area contributed by atoms with Gasteiger partial charge in [0.05, 0.1) is 5.56 Å². The Kier molecular flexibility index (Phi) is 2.09. The van der Waals surface area contributed by atoms with E-state index in [1.165, 1.54) is 18.3 Å². The van der Waals surface area contributed by atoms with Gasteiger partial charge in [0.2, 0.25) is 0 Å². The van der Waals surface area contributed by atoms with Crippen LogP contribution in [0.5, 0.6) is 0 Å². The van der Waals surface area contributed by atoms with Gasteiger partial charge in [0.25, 0.3) is 0 Å². The lowest BCUT2D eigenvalue weighted by Crippen LogP contribution is -2.03. The Balaban J connectivity index is 3.37. The normalized spacial score (nSPS) is 9.33. The first-order valence-corrected chi connectivity index (χ1v) is 3.27. The monoisotopic (exact) mass is 164 g/mol. The van der Waals surface area contributed by atoms with Crippen molar-refractivity contribution in [1.82, 2.24) is 4.98 Å². The standard InChI is InChI=1S/C8H8N2O2/c1-2-5-6(8(11)12)3-4-10-7(5)9/h2-4H,1H2,(H2,9,10)(H,11,12). The fourth-order valence-corrected chi connectivity index (χ4v) is 0.890. The number of carbonyl (C=O) groups is 1. The maximum absolute atomic E-state index is 10.6. The first kappa shape index (κ1) is 8.26. The maximum atomic E-state index is 10.6. The van der Waals surface area contributed by atoms with Gasteiger partial charge in [-0.05, 0) is 6.07 Å². The van der Waals surface area contributed by atoms with E-state index in [1.54, 1.807) is 0 Å². The number of hydrogen-bond donors (Lipinski definition) is 2. The average molecular weight is 164 g/mol. The molecule has 4 heteroatoms. The number of carboxylic acid groups (broad SMARTS) is 1. The van der Waals surface area contributed by atoms with Crippen molar-refractivity contribution in [2.24, 2.45) is 0 Å². The summed E-state index contributed by atoms with van der Waals surface area (Å²) in [6.07, 6.45) is 2.73. The van der Waals surface area contributed by atoms with Crippen LogP contribution in [0, 0.1) is 0 Å². The Bertz CT molecular complexity index is 334. The molecule has 0 aliphatic carbocycles. The number of aromatic carboxylic acids is 1. The Morgan fingerprint density at radius 2 is 2.42 bits per heavy atom. The molecule has 0 saturated carbocycles. The summed E-state index contributed by atoms with van der Waals surface area (Å²) in [7, 11) is 0. The SMILES string of the molecule is C=Cc1c(C(=O)O)ccnc1N. The van der Waals surface area contributed by atoms with E-state index in [0.29, 0.717) is 5.56 Å². The van der Waals surface area contributed by atoms with Crippen molar-refractivity contribution in [3.8, 4) is 0 Å². The zero-order chi connectivity index (χ0) is 9.14. The second kappa shape index (κ2) is 3.04. The van der Waals surface area contributed by atoms with Crippen molar-refractivity contribution < 1.29 is 9.90 Å². The maximum Gasteiger partial charge on any atom is 0.336 e. The van der Waals surface area contributed by atoms with Gasteiger partial charge in [-0.25, -0.2) is 9.78 Å². The van der Waals surface area contributed by atoms with Crippen LogP contribution in [0.3, 0.4) is 0 Å². The first-order chi connectivity index (χ1) is 5.66. The van der Waals surface area contributed by atoms with Gasteiger partial charge >= 0.3 is 5.97 Å². The highest BCUT2D eigenvalue weighted by atomic mass is 16.4. The third-order valence-electron chi connectivity index (χ3n) is 1.46. The summed E-state index contributed by atoms with van der Waals surface area (Å²) in [5.74, 6) is -0.844. The summed E-state index contributed by atoms with van der Waals surface area (Å²) in [5, 5.41) is 8.69. The number of anilines is 1. The fraction of sp³-hybridized carbons (Fsp3) is 0. The Labute approximate surface area is 69.4 Å². The molecule has 0 atom stereocenters. The molecule has 0 aliphatic heterocycles. The lowest BCUT2D eigenvalue weighted by molar-refractivity contribution is 0.0696. The van der Waals surface area contributed by atoms with E-state index in [9.17, 15) is 4.79 Å². The second-order valence-electron chi connectivity index (χ2n) is 2.17. The average Bonchev–Trinajstić information content (AvgIpc) is 2.03. The highest BCUT2D eigenvalue weighted by Gasteiger charge is 2.09. The summed E-state index contributed by atoms with van der Waals surface area (Å²) in [4.78, 5) is 14.3. The van der Waals surface area contributed by atoms with Crippen molar-refractivity contribution >= 4 is 17.9 Å². The zero-order valence-electron chi connectivity index (χ0n) is 6.32. The molecule has 0 aliphatic rings. The van der Waals surface area contributed by atoms with Crippen LogP contribution in [-0.4, -0.2) is 16.1 Å². The van der Waals surface area contributed by atoms with Crippen LogP contribution in [0.25, 0.3) is 6.08 Å². The number of rotatable bonds is 2. The van der Waals surface area contributed by atoms with E-state index in [1.807, 2.05) is 0 Å². The summed E-state index contributed by atoms with van der Waals surface area (Å²) in [6, 6.07) is 1.38. The van der Waals surface area contributed by atoms with Crippen LogP contribution in [0.4, 0.5) is 5.82 Å². The lowest BCUT2D eigenvalue weighted by Gasteiger charge is -2.02. The van der Waals surface area contributed by atoms with E-state index >= 15 is 0 Å². The molecule has 0 spiro atoms. The summed E-state index contributed by atoms with van der Waals surface area (Å²) >= 11 is 0. The molecule has 1 heterocycles. The smallest absolute Gasteiger partial charge is 0.336 e. The van der Waals surface area contributed by atoms with Crippen LogP contribution in [-0.2, 0) is 0 Å². The summed E-state index contributed by atoms with van der Waals surface area (Å²) in [5.41, 5.74) is 5.91. The molecular weight excluding hydrogens is 156 g/mol. The van der Waals surface area contributed by atoms with Crippen molar-refractivity contribution in [2.45, 2.75) is 0 Å². The molecule has 1 aromatic rings. The number of nitrogens with two attached hydrogens (primary N) is 1. The van der Waals surface area contributed by atoms with Gasteiger partial charge in [0.15, 0.2) is 0 Å². The molecule has 0 aromatic carbocycles. The highest BCUT2D eigenvalue weighted by Crippen LogP contribution is 2.15. The Morgan fingerprint density at radius 1 is 1.75 bits per heavy atom. The molecule has 62 valence electrons. The molecule has 12 heavy (non-hydrogen) atoms. The Morgan fingerprint density at radius 3 is 2.83 bits per heavy atom. The van der Waals surface area contributed by atoms with Gasteiger partial charge in [0.1, 0.15) is 5.82 Å². The topological polar surface area (TPSA) is 76.2 Å². The lowest BCUT2D eigenvalue weighted by atomic mass is 10.1. The minimum atomic E-state index is -1.03. The van der Waals surface area contributed by atoms with Gasteiger partial charge in [0, 0.05) is 11.8 Å². The van der Waals surface area contributed by atoms with E-state index in [4.69, 9.17) is 10.8 Å². The van der Waals surface area contributed by atoms with Gasteiger partial charge < -0.3 is 10.8 Å². The minimum absolute atomic E-state index is 0.123. The molecule has 1 rings (SSSR count). The molecule has 0 radical (unpaired) electrons. The van der Waals surface area contributed by atoms with Crippen molar-refractivity contribution in [2.75, 3.05) is 5.73 Å². The van der Waals surface area contributed by atoms with E-state index in [2.05, 4.69) is 11.6 Å². The number of carboxylic acids is 1. The second-order valence-corrected chi connectivity index (χ2v) is 2.17. The van der Waals surface area contributed by atoms with Crippen molar-refractivity contribution in [1.29, 1.82) is 0 Å². The van der Waals surface area contributed by atoms with Crippen LogP contribution >= 0.6 is 0 Å². The van der Waals surface area contributed by atoms with Gasteiger partial charge in [-0.1, -0.05) is 12.7 Å². The number of nitrogen functional groups attached to an aromatic ring is 1. The fourth-order valence-electron chi connectivity index (χ4n) is 0.890. The van der Waals surface area contributed by atoms with E-state index in [0.717, 1.165) is 0 Å². The first-order valence-electron chi connectivity index (χ1n) is 3.27. The summed E-state index contributed by atoms with van der Waals surface area (Å²) in [6.45, 7) is 3.45. The van der Waals surface area contributed by atoms with Crippen molar-refractivity contribution in [3.05, 3.63) is 30.0 Å². The van der Waals surface area contributed by atoms with E-state index in [-0.39, 0.29) is 11.4 Å². The number of hydrogen-bond acceptors (Lipinski definition) is 3. The number of pyridine rings is 1. The zero-order valence-corrected chi connectivity index (χ0v) is 6.32. The van der Waals surface area contributed by atoms with Crippen LogP contribution in [0.15, 0.2) is 18.8 Å². The third-order valence-corrected chi connectivity index (χ3v) is 1.46. The molecule has 0 bridgehead atoms. The number of aromatic nitrogens is 1. The molecule has 1 aromatic heterocycles. The molecule has 0 amide bonds. The van der Waals surface area contributed by atoms with Gasteiger partial charge in [-0.15, -0.1) is 0 Å². The van der Waals surface area contributed by atoms with Crippen LogP contribution in [0.2, 0.25) is 0 Å². The van der Waals surface area contributed by atoms with Gasteiger partial charge in [-0.3, -0.25) is 0 Å². The van der Waals surface area contributed by atoms with Crippen LogP contribution in [0.1, 0.15) is 15.9 Å². The molecule has 0 unspecified atom stereocenters. The molecular formula is C8H8N2O2. The predicted octanol–water partition coefficient (Wildman–Crippen LogP) is 1.01. The van der Waals surface area contributed by atoms with Gasteiger partial charge in [-0.2, -0.15) is 0 Å². The quantitative estimate of drug-likeness (QED) is 0.683. The van der Waals surface area contributed by atoms with E-state index < -0.39 is 5.97 Å². The largest absolute Gasteiger partial charge is 0.478 e. The Hall–Kier alpha value is -1.84. The number of nitrogens with zero attached hydrogens (tertiary/aromatic N) is 1. The molecule has 0 fully saturated rings. The summed E-state index contributed by atoms with van der Waals surface area (Å²) < 4.78 is 0. The third kappa shape index (κ3) is 1.27.